The van der Waals surface area contributed by atoms with E-state index < -0.39 is 0 Å². The zero-order valence-electron chi connectivity index (χ0n) is 19.4. The smallest absolute Gasteiger partial charge is 0.204 e. The largest absolute Gasteiger partial charge is 0.496 e. The Hall–Kier alpha value is -3.17. The number of aromatic nitrogens is 4. The molecule has 0 spiro atoms. The molecule has 0 saturated carbocycles. The third kappa shape index (κ3) is 3.78. The van der Waals surface area contributed by atoms with Gasteiger partial charge in [-0.3, -0.25) is 4.98 Å². The van der Waals surface area contributed by atoms with Gasteiger partial charge in [0.2, 0.25) is 5.95 Å². The normalized spacial score (nSPS) is 12.6. The van der Waals surface area contributed by atoms with Crippen molar-refractivity contribution in [2.24, 2.45) is 0 Å². The second-order valence-electron chi connectivity index (χ2n) is 7.79. The van der Waals surface area contributed by atoms with E-state index in [2.05, 4.69) is 22.0 Å². The van der Waals surface area contributed by atoms with Crippen molar-refractivity contribution < 1.29 is 18.7 Å². The van der Waals surface area contributed by atoms with Gasteiger partial charge in [-0.05, 0) is 32.9 Å². The first-order valence-corrected chi connectivity index (χ1v) is 10.5. The average molecular weight is 440 g/mol. The highest BCUT2D eigenvalue weighted by Crippen LogP contribution is 2.39. The molecule has 4 rings (SSSR count). The third-order valence-electron chi connectivity index (χ3n) is 5.58. The molecule has 0 amide bonds. The Morgan fingerprint density at radius 3 is 2.59 bits per heavy atom. The van der Waals surface area contributed by atoms with Crippen LogP contribution in [0, 0.1) is 13.8 Å². The van der Waals surface area contributed by atoms with Crippen molar-refractivity contribution in [1.82, 2.24) is 19.7 Å². The molecule has 0 aliphatic rings. The van der Waals surface area contributed by atoms with Crippen LogP contribution < -0.4 is 10.1 Å². The summed E-state index contributed by atoms with van der Waals surface area (Å²) >= 11 is 0. The summed E-state index contributed by atoms with van der Waals surface area (Å²) in [5.74, 6) is 2.22. The van der Waals surface area contributed by atoms with Crippen molar-refractivity contribution in [2.45, 2.75) is 26.8 Å². The summed E-state index contributed by atoms with van der Waals surface area (Å²) in [6, 6.07) is 4.09. The Morgan fingerprint density at radius 2 is 1.94 bits per heavy atom. The molecule has 0 bridgehead atoms. The summed E-state index contributed by atoms with van der Waals surface area (Å²) in [6.07, 6.45) is 1.80. The third-order valence-corrected chi connectivity index (χ3v) is 5.58. The number of nitrogens with zero attached hydrogens (tertiary/aromatic N) is 4. The lowest BCUT2D eigenvalue weighted by Gasteiger charge is -2.18. The van der Waals surface area contributed by atoms with Crippen molar-refractivity contribution in [2.75, 3.05) is 46.4 Å². The van der Waals surface area contributed by atoms with Crippen LogP contribution >= 0.6 is 0 Å². The Labute approximate surface area is 186 Å². The van der Waals surface area contributed by atoms with Gasteiger partial charge in [0.25, 0.3) is 0 Å². The molecule has 0 fully saturated rings. The quantitative estimate of drug-likeness (QED) is 0.389. The van der Waals surface area contributed by atoms with Gasteiger partial charge in [0.15, 0.2) is 0 Å². The number of benzene rings is 1. The number of hydrogen-bond donors (Lipinski definition) is 1. The molecule has 9 heteroatoms. The number of methoxy groups -OCH3 is 3. The van der Waals surface area contributed by atoms with E-state index >= 15 is 0 Å². The monoisotopic (exact) mass is 439 g/mol. The summed E-state index contributed by atoms with van der Waals surface area (Å²) in [6.45, 7) is 7.69. The van der Waals surface area contributed by atoms with Gasteiger partial charge in [-0.1, -0.05) is 5.16 Å². The van der Waals surface area contributed by atoms with E-state index in [0.717, 1.165) is 56.2 Å². The number of nitrogens with one attached hydrogen (secondary N) is 1. The lowest BCUT2D eigenvalue weighted by molar-refractivity contribution is 0.164. The highest BCUT2D eigenvalue weighted by Gasteiger charge is 2.22. The molecule has 3 aromatic heterocycles. The summed E-state index contributed by atoms with van der Waals surface area (Å²) in [5, 5.41) is 8.42. The van der Waals surface area contributed by atoms with Crippen molar-refractivity contribution in [3.63, 3.8) is 0 Å². The molecule has 9 nitrogen and oxygen atoms in total. The van der Waals surface area contributed by atoms with E-state index in [4.69, 9.17) is 28.7 Å². The predicted octanol–water partition coefficient (Wildman–Crippen LogP) is 4.13. The van der Waals surface area contributed by atoms with E-state index in [1.165, 1.54) is 0 Å². The summed E-state index contributed by atoms with van der Waals surface area (Å²) in [5.41, 5.74) is 5.24. The molecule has 0 aliphatic heterocycles. The maximum atomic E-state index is 5.79. The van der Waals surface area contributed by atoms with Gasteiger partial charge in [0.1, 0.15) is 17.0 Å². The van der Waals surface area contributed by atoms with Gasteiger partial charge in [0, 0.05) is 31.7 Å². The summed E-state index contributed by atoms with van der Waals surface area (Å²) in [7, 11) is 5.05. The predicted molar refractivity (Wildman–Crippen MR) is 124 cm³/mol. The van der Waals surface area contributed by atoms with E-state index in [1.807, 2.05) is 26.0 Å². The standard InChI is InChI=1S/C23H29N5O4/c1-13(12-30-5)28-22-16-10-20(31-6)17(21-14(2)27-32-15(21)3)9-18(16)25-11-19(22)26-23(28)24-7-8-29-4/h9-11,13H,7-8,12H2,1-6H3,(H,24,26). The molecule has 1 atom stereocenters. The molecule has 170 valence electrons. The summed E-state index contributed by atoms with van der Waals surface area (Å²) < 4.78 is 24.0. The SMILES string of the molecule is COCCNc1nc2cnc3cc(-c4c(C)noc4C)c(OC)cc3c2n1C(C)COC. The number of hydrogen-bond acceptors (Lipinski definition) is 8. The minimum Gasteiger partial charge on any atom is -0.496 e. The number of anilines is 1. The minimum absolute atomic E-state index is 0.0499. The topological polar surface area (TPSA) is 96.5 Å². The Kier molecular flexibility index (Phi) is 6.29. The van der Waals surface area contributed by atoms with Crippen molar-refractivity contribution in [3.8, 4) is 16.9 Å². The van der Waals surface area contributed by atoms with E-state index in [1.54, 1.807) is 27.5 Å². The van der Waals surface area contributed by atoms with E-state index in [0.29, 0.717) is 19.8 Å². The second-order valence-corrected chi connectivity index (χ2v) is 7.79. The molecule has 4 aromatic rings. The van der Waals surface area contributed by atoms with Crippen LogP contribution in [0.15, 0.2) is 22.9 Å². The van der Waals surface area contributed by atoms with Crippen LogP contribution in [0.5, 0.6) is 5.75 Å². The lowest BCUT2D eigenvalue weighted by Crippen LogP contribution is -2.17. The van der Waals surface area contributed by atoms with Crippen LogP contribution in [0.3, 0.4) is 0 Å². The molecular formula is C23H29N5O4. The van der Waals surface area contributed by atoms with Gasteiger partial charge in [-0.2, -0.15) is 0 Å². The van der Waals surface area contributed by atoms with Gasteiger partial charge >= 0.3 is 0 Å². The second kappa shape index (κ2) is 9.13. The molecule has 0 aliphatic carbocycles. The Bertz CT molecular complexity index is 1230. The average Bonchev–Trinajstić information content (AvgIpc) is 3.32. The molecule has 1 unspecified atom stereocenters. The first-order valence-electron chi connectivity index (χ1n) is 10.5. The van der Waals surface area contributed by atoms with Crippen molar-refractivity contribution in [3.05, 3.63) is 29.8 Å². The van der Waals surface area contributed by atoms with Crippen LogP contribution in [0.1, 0.15) is 24.4 Å². The van der Waals surface area contributed by atoms with Crippen molar-refractivity contribution in [1.29, 1.82) is 0 Å². The van der Waals surface area contributed by atoms with Crippen molar-refractivity contribution >= 4 is 27.9 Å². The zero-order valence-corrected chi connectivity index (χ0v) is 19.4. The molecule has 1 N–H and O–H groups in total. The zero-order chi connectivity index (χ0) is 22.8. The van der Waals surface area contributed by atoms with Gasteiger partial charge in [-0.25, -0.2) is 4.98 Å². The van der Waals surface area contributed by atoms with E-state index in [-0.39, 0.29) is 6.04 Å². The fourth-order valence-electron chi connectivity index (χ4n) is 4.17. The minimum atomic E-state index is 0.0499. The Balaban J connectivity index is 1.97. The van der Waals surface area contributed by atoms with Crippen LogP contribution in [-0.4, -0.2) is 60.8 Å². The summed E-state index contributed by atoms with van der Waals surface area (Å²) in [4.78, 5) is 9.51. The number of ether oxygens (including phenoxy) is 3. The molecule has 0 radical (unpaired) electrons. The maximum Gasteiger partial charge on any atom is 0.204 e. The highest BCUT2D eigenvalue weighted by atomic mass is 16.5. The number of pyridine rings is 1. The first kappa shape index (κ1) is 22.0. The first-order chi connectivity index (χ1) is 15.5. The molecule has 32 heavy (non-hydrogen) atoms. The van der Waals surface area contributed by atoms with Gasteiger partial charge in [-0.15, -0.1) is 0 Å². The van der Waals surface area contributed by atoms with Gasteiger partial charge in [0.05, 0.1) is 54.9 Å². The Morgan fingerprint density at radius 1 is 1.12 bits per heavy atom. The van der Waals surface area contributed by atoms with Gasteiger partial charge < -0.3 is 28.6 Å². The molecule has 0 saturated heterocycles. The van der Waals surface area contributed by atoms with Crippen LogP contribution in [-0.2, 0) is 9.47 Å². The van der Waals surface area contributed by atoms with Crippen LogP contribution in [0.25, 0.3) is 33.1 Å². The van der Waals surface area contributed by atoms with Crippen LogP contribution in [0.4, 0.5) is 5.95 Å². The lowest BCUT2D eigenvalue weighted by atomic mass is 10.0. The van der Waals surface area contributed by atoms with E-state index in [9.17, 15) is 0 Å². The fourth-order valence-corrected chi connectivity index (χ4v) is 4.17. The molecular weight excluding hydrogens is 410 g/mol. The molecule has 3 heterocycles. The molecule has 1 aromatic carbocycles. The van der Waals surface area contributed by atoms with Crippen LogP contribution in [0.2, 0.25) is 0 Å². The maximum absolute atomic E-state index is 5.79. The highest BCUT2D eigenvalue weighted by molar-refractivity contribution is 6.05. The number of rotatable bonds is 9. The fraction of sp³-hybridized carbons (Fsp3) is 0.435. The number of aryl methyl sites for hydroxylation is 2. The number of fused-ring (bicyclic) bond motifs is 3. The number of imidazole rings is 1.